The van der Waals surface area contributed by atoms with Gasteiger partial charge in [-0.3, -0.25) is 4.79 Å². The van der Waals surface area contributed by atoms with Crippen LogP contribution in [0.1, 0.15) is 46.9 Å². The molecule has 1 aliphatic heterocycles. The highest BCUT2D eigenvalue weighted by Crippen LogP contribution is 2.31. The lowest BCUT2D eigenvalue weighted by Gasteiger charge is -2.26. The number of benzene rings is 2. The van der Waals surface area contributed by atoms with Gasteiger partial charge in [0.05, 0.1) is 20.3 Å². The van der Waals surface area contributed by atoms with Crippen LogP contribution in [-0.2, 0) is 18.9 Å². The molecule has 3 N–H and O–H groups in total. The van der Waals surface area contributed by atoms with Gasteiger partial charge in [-0.2, -0.15) is 0 Å². The Bertz CT molecular complexity index is 1100. The van der Waals surface area contributed by atoms with Crippen LogP contribution in [0.4, 0.5) is 4.79 Å². The summed E-state index contributed by atoms with van der Waals surface area (Å²) in [5.74, 6) is 0.768. The van der Waals surface area contributed by atoms with Gasteiger partial charge in [-0.1, -0.05) is 23.7 Å². The fraction of sp³-hybridized carbons (Fsp3) is 0.533. The first-order valence-electron chi connectivity index (χ1n) is 13.9. The molecule has 1 aliphatic rings. The second-order valence-electron chi connectivity index (χ2n) is 9.87. The first-order chi connectivity index (χ1) is 19.9. The van der Waals surface area contributed by atoms with Crippen LogP contribution in [-0.4, -0.2) is 85.4 Å². The van der Waals surface area contributed by atoms with E-state index in [1.165, 1.54) is 7.11 Å². The van der Waals surface area contributed by atoms with E-state index in [0.717, 1.165) is 38.0 Å². The molecule has 3 rings (SSSR count). The topological polar surface area (TPSA) is 116 Å². The molecule has 226 valence electrons. The maximum absolute atomic E-state index is 13.4. The minimum absolute atomic E-state index is 0.121. The molecule has 2 amide bonds. The van der Waals surface area contributed by atoms with Crippen LogP contribution < -0.4 is 20.7 Å². The lowest BCUT2D eigenvalue weighted by molar-refractivity contribution is 0.0478. The summed E-state index contributed by atoms with van der Waals surface area (Å²) in [6.07, 6.45) is 2.00. The van der Waals surface area contributed by atoms with E-state index in [4.69, 9.17) is 30.5 Å². The zero-order valence-electron chi connectivity index (χ0n) is 24.1. The Balaban J connectivity index is 1.81. The van der Waals surface area contributed by atoms with Gasteiger partial charge in [0.15, 0.2) is 0 Å². The minimum Gasteiger partial charge on any atom is -0.491 e. The fourth-order valence-electron chi connectivity index (χ4n) is 4.70. The first kappa shape index (κ1) is 32.6. The lowest BCUT2D eigenvalue weighted by Crippen LogP contribution is -2.41. The van der Waals surface area contributed by atoms with Gasteiger partial charge < -0.3 is 39.6 Å². The Kier molecular flexibility index (Phi) is 14.2. The number of methoxy groups -OCH3 is 2. The van der Waals surface area contributed by atoms with Crippen molar-refractivity contribution in [3.05, 3.63) is 64.2 Å². The van der Waals surface area contributed by atoms with Crippen molar-refractivity contribution < 1.29 is 33.3 Å². The third kappa shape index (κ3) is 11.1. The molecule has 10 nitrogen and oxygen atoms in total. The summed E-state index contributed by atoms with van der Waals surface area (Å²) in [4.78, 5) is 24.9. The maximum Gasteiger partial charge on any atom is 0.406 e. The summed E-state index contributed by atoms with van der Waals surface area (Å²) in [7, 11) is 4.81. The average Bonchev–Trinajstić information content (AvgIpc) is 2.99. The van der Waals surface area contributed by atoms with E-state index in [0.29, 0.717) is 47.6 Å². The van der Waals surface area contributed by atoms with Crippen molar-refractivity contribution in [3.8, 4) is 5.75 Å². The van der Waals surface area contributed by atoms with Gasteiger partial charge in [-0.25, -0.2) is 4.79 Å². The predicted molar refractivity (Wildman–Crippen MR) is 157 cm³/mol. The first-order valence-corrected chi connectivity index (χ1v) is 14.3. The number of carbonyl (C=O) groups excluding carboxylic acids is 2. The molecule has 1 heterocycles. The second kappa shape index (κ2) is 17.8. The van der Waals surface area contributed by atoms with Gasteiger partial charge in [0.2, 0.25) is 0 Å². The van der Waals surface area contributed by atoms with Crippen LogP contribution >= 0.6 is 11.6 Å². The Labute approximate surface area is 247 Å². The predicted octanol–water partition coefficient (Wildman–Crippen LogP) is 3.96. The molecule has 0 bridgehead atoms. The van der Waals surface area contributed by atoms with Gasteiger partial charge in [-0.15, -0.1) is 0 Å². The van der Waals surface area contributed by atoms with Gasteiger partial charge in [0, 0.05) is 50.0 Å². The smallest absolute Gasteiger partial charge is 0.406 e. The van der Waals surface area contributed by atoms with Crippen molar-refractivity contribution in [2.45, 2.75) is 31.4 Å². The minimum atomic E-state index is -0.581. The molecule has 3 unspecified atom stereocenters. The molecule has 41 heavy (non-hydrogen) atoms. The van der Waals surface area contributed by atoms with Crippen LogP contribution in [0.2, 0.25) is 5.02 Å². The van der Waals surface area contributed by atoms with Crippen molar-refractivity contribution in [1.82, 2.24) is 16.0 Å². The molecule has 0 aromatic heterocycles. The Morgan fingerprint density at radius 2 is 1.93 bits per heavy atom. The highest BCUT2D eigenvalue weighted by atomic mass is 35.5. The SMILES string of the molecule is CNC(CNC(=O)c1cc(OCCOC)cc(C(OCCNC(=O)OC)c2cccc(Cl)c2)c1)CC1CCCOC1. The van der Waals surface area contributed by atoms with E-state index in [9.17, 15) is 9.59 Å². The van der Waals surface area contributed by atoms with Crippen LogP contribution in [0.15, 0.2) is 42.5 Å². The van der Waals surface area contributed by atoms with Gasteiger partial charge in [0.1, 0.15) is 18.5 Å². The molecular formula is C30H42ClN3O7. The second-order valence-corrected chi connectivity index (χ2v) is 10.3. The normalized spacial score (nSPS) is 16.4. The number of halogens is 1. The van der Waals surface area contributed by atoms with Crippen molar-refractivity contribution >= 4 is 23.6 Å². The van der Waals surface area contributed by atoms with Crippen LogP contribution in [0.5, 0.6) is 5.75 Å². The zero-order chi connectivity index (χ0) is 29.5. The molecule has 1 saturated heterocycles. The number of ether oxygens (including phenoxy) is 5. The van der Waals surface area contributed by atoms with Crippen molar-refractivity contribution in [2.75, 3.05) is 67.4 Å². The summed E-state index contributed by atoms with van der Waals surface area (Å²) in [6.45, 7) is 3.20. The van der Waals surface area contributed by atoms with E-state index in [-0.39, 0.29) is 25.1 Å². The molecule has 0 radical (unpaired) electrons. The van der Waals surface area contributed by atoms with Crippen LogP contribution in [0.25, 0.3) is 0 Å². The molecule has 11 heteroatoms. The molecule has 1 fully saturated rings. The highest BCUT2D eigenvalue weighted by Gasteiger charge is 2.22. The molecule has 0 aliphatic carbocycles. The molecule has 3 atom stereocenters. The number of carbonyl (C=O) groups is 2. The average molecular weight is 592 g/mol. The summed E-state index contributed by atoms with van der Waals surface area (Å²) in [5, 5.41) is 9.56. The summed E-state index contributed by atoms with van der Waals surface area (Å²) in [6, 6.07) is 12.8. The van der Waals surface area contributed by atoms with Gasteiger partial charge in [0.25, 0.3) is 5.91 Å². The largest absolute Gasteiger partial charge is 0.491 e. The number of likely N-dealkylation sites (N-methyl/N-ethyl adjacent to an activating group) is 1. The maximum atomic E-state index is 13.4. The van der Waals surface area contributed by atoms with Crippen molar-refractivity contribution in [1.29, 1.82) is 0 Å². The number of amides is 2. The Hall–Kier alpha value is -2.89. The molecule has 0 spiro atoms. The van der Waals surface area contributed by atoms with E-state index in [1.54, 1.807) is 25.3 Å². The van der Waals surface area contributed by atoms with E-state index in [1.807, 2.05) is 31.3 Å². The quantitative estimate of drug-likeness (QED) is 0.251. The summed E-state index contributed by atoms with van der Waals surface area (Å²) in [5.41, 5.74) is 1.94. The highest BCUT2D eigenvalue weighted by molar-refractivity contribution is 6.30. The zero-order valence-corrected chi connectivity index (χ0v) is 24.8. The van der Waals surface area contributed by atoms with Crippen molar-refractivity contribution in [2.24, 2.45) is 5.92 Å². The van der Waals surface area contributed by atoms with Gasteiger partial charge in [-0.05, 0) is 73.7 Å². The number of alkyl carbamates (subject to hydrolysis) is 1. The number of rotatable bonds is 16. The van der Waals surface area contributed by atoms with Crippen molar-refractivity contribution in [3.63, 3.8) is 0 Å². The van der Waals surface area contributed by atoms with Crippen LogP contribution in [0.3, 0.4) is 0 Å². The number of nitrogens with one attached hydrogen (secondary N) is 3. The number of hydrogen-bond donors (Lipinski definition) is 3. The van der Waals surface area contributed by atoms with Crippen LogP contribution in [0, 0.1) is 5.92 Å². The summed E-state index contributed by atoms with van der Waals surface area (Å²) >= 11 is 6.30. The number of hydrogen-bond acceptors (Lipinski definition) is 8. The Morgan fingerprint density at radius 3 is 2.63 bits per heavy atom. The molecule has 2 aromatic rings. The van der Waals surface area contributed by atoms with E-state index < -0.39 is 12.2 Å². The van der Waals surface area contributed by atoms with E-state index >= 15 is 0 Å². The lowest BCUT2D eigenvalue weighted by atomic mass is 9.94. The molecular weight excluding hydrogens is 550 g/mol. The fourth-order valence-corrected chi connectivity index (χ4v) is 4.90. The third-order valence-corrected chi connectivity index (χ3v) is 7.07. The molecule has 0 saturated carbocycles. The Morgan fingerprint density at radius 1 is 1.07 bits per heavy atom. The molecule has 2 aromatic carbocycles. The standard InChI is InChI=1S/C30H42ClN3O7/c1-32-26(14-21-6-5-10-39-20-21)19-34-29(35)24-15-23(17-27(18-24)40-13-12-37-2)28(22-7-4-8-25(31)16-22)41-11-9-33-30(36)38-3/h4,7-8,15-18,21,26,28,32H,5-6,9-14,19-20H2,1-3H3,(H,33,36)(H,34,35). The monoisotopic (exact) mass is 591 g/mol. The summed E-state index contributed by atoms with van der Waals surface area (Å²) < 4.78 is 27.5. The van der Waals surface area contributed by atoms with E-state index in [2.05, 4.69) is 20.7 Å². The van der Waals surface area contributed by atoms with Gasteiger partial charge >= 0.3 is 6.09 Å². The third-order valence-electron chi connectivity index (χ3n) is 6.83.